The molecule has 0 spiro atoms. The number of rotatable bonds is 5. The molecule has 0 bridgehead atoms. The standard InChI is InChI=1S/C19H19BrN8O4/c1-22-11-3-2-8-4-23-19(27-16(8)26-11)31-6-10-13(29)14(30)18(32-10)28-5-9(20)12-15(21)24-7-25-17(12)28/h2-5,7,10,13-14,18,29-30H,6H2,1H3,(H2,21,24,25)(H,22,23,26,27)/t10-,13-,14-,18-/m1/s1. The number of pyridine rings is 1. The zero-order valence-corrected chi connectivity index (χ0v) is 18.3. The van der Waals surface area contributed by atoms with Gasteiger partial charge in [-0.3, -0.25) is 0 Å². The van der Waals surface area contributed by atoms with Crippen LogP contribution in [0.1, 0.15) is 6.23 Å². The molecule has 1 aliphatic heterocycles. The van der Waals surface area contributed by atoms with Gasteiger partial charge >= 0.3 is 6.01 Å². The molecule has 0 amide bonds. The molecule has 5 rings (SSSR count). The summed E-state index contributed by atoms with van der Waals surface area (Å²) in [5, 5.41) is 25.5. The molecule has 4 aromatic heterocycles. The lowest BCUT2D eigenvalue weighted by molar-refractivity contribution is -0.0481. The predicted molar refractivity (Wildman–Crippen MR) is 118 cm³/mol. The minimum Gasteiger partial charge on any atom is -0.461 e. The number of hydrogen-bond donors (Lipinski definition) is 4. The lowest BCUT2D eigenvalue weighted by atomic mass is 10.1. The number of nitrogen functional groups attached to an aromatic ring is 1. The van der Waals surface area contributed by atoms with Gasteiger partial charge in [-0.15, -0.1) is 0 Å². The first-order chi connectivity index (χ1) is 15.5. The van der Waals surface area contributed by atoms with E-state index in [4.69, 9.17) is 15.2 Å². The van der Waals surface area contributed by atoms with Gasteiger partial charge in [0.15, 0.2) is 11.9 Å². The molecule has 0 radical (unpaired) electrons. The Labute approximate surface area is 189 Å². The Morgan fingerprint density at radius 3 is 2.88 bits per heavy atom. The van der Waals surface area contributed by atoms with E-state index in [2.05, 4.69) is 46.2 Å². The summed E-state index contributed by atoms with van der Waals surface area (Å²) < 4.78 is 13.8. The molecule has 0 saturated carbocycles. The van der Waals surface area contributed by atoms with Crippen molar-refractivity contribution in [1.29, 1.82) is 0 Å². The van der Waals surface area contributed by atoms with Crippen LogP contribution in [0.15, 0.2) is 35.3 Å². The molecule has 1 aliphatic rings. The summed E-state index contributed by atoms with van der Waals surface area (Å²) in [5.74, 6) is 0.953. The van der Waals surface area contributed by atoms with Crippen molar-refractivity contribution in [3.05, 3.63) is 35.3 Å². The molecule has 166 valence electrons. The van der Waals surface area contributed by atoms with Crippen LogP contribution < -0.4 is 15.8 Å². The number of aromatic nitrogens is 6. The third-order valence-corrected chi connectivity index (χ3v) is 5.86. The normalized spacial score (nSPS) is 23.1. The molecule has 1 fully saturated rings. The molecule has 0 aliphatic carbocycles. The van der Waals surface area contributed by atoms with Gasteiger partial charge in [0.1, 0.15) is 48.5 Å². The average Bonchev–Trinajstić information content (AvgIpc) is 3.28. The van der Waals surface area contributed by atoms with Crippen LogP contribution >= 0.6 is 15.9 Å². The number of fused-ring (bicyclic) bond motifs is 2. The molecule has 5 heterocycles. The van der Waals surface area contributed by atoms with Crippen molar-refractivity contribution < 1.29 is 19.7 Å². The third-order valence-electron chi connectivity index (χ3n) is 5.26. The Bertz CT molecular complexity index is 1300. The van der Waals surface area contributed by atoms with Gasteiger partial charge in [0.2, 0.25) is 0 Å². The quantitative estimate of drug-likeness (QED) is 0.305. The van der Waals surface area contributed by atoms with Crippen molar-refractivity contribution in [2.24, 2.45) is 0 Å². The van der Waals surface area contributed by atoms with Crippen LogP contribution in [0, 0.1) is 0 Å². The van der Waals surface area contributed by atoms with Gasteiger partial charge in [-0.1, -0.05) is 0 Å². The van der Waals surface area contributed by atoms with Crippen molar-refractivity contribution in [3.8, 4) is 6.01 Å². The van der Waals surface area contributed by atoms with Crippen LogP contribution in [0.2, 0.25) is 0 Å². The van der Waals surface area contributed by atoms with Crippen LogP contribution in [0.25, 0.3) is 22.1 Å². The van der Waals surface area contributed by atoms with Crippen LogP contribution in [0.5, 0.6) is 6.01 Å². The van der Waals surface area contributed by atoms with E-state index in [0.29, 0.717) is 27.0 Å². The fourth-order valence-electron chi connectivity index (χ4n) is 3.61. The highest BCUT2D eigenvalue weighted by atomic mass is 79.9. The van der Waals surface area contributed by atoms with Crippen molar-refractivity contribution in [1.82, 2.24) is 29.5 Å². The van der Waals surface area contributed by atoms with E-state index in [9.17, 15) is 10.2 Å². The molecule has 13 heteroatoms. The molecular formula is C19H19BrN8O4. The summed E-state index contributed by atoms with van der Waals surface area (Å²) in [4.78, 5) is 21.0. The highest BCUT2D eigenvalue weighted by molar-refractivity contribution is 9.10. The number of nitrogens with zero attached hydrogens (tertiary/aromatic N) is 6. The summed E-state index contributed by atoms with van der Waals surface area (Å²) in [7, 11) is 1.76. The van der Waals surface area contributed by atoms with Crippen molar-refractivity contribution in [2.45, 2.75) is 24.5 Å². The minimum atomic E-state index is -1.22. The molecule has 4 aromatic rings. The van der Waals surface area contributed by atoms with Crippen molar-refractivity contribution in [2.75, 3.05) is 24.7 Å². The molecule has 32 heavy (non-hydrogen) atoms. The van der Waals surface area contributed by atoms with Gasteiger partial charge in [-0.2, -0.15) is 4.98 Å². The van der Waals surface area contributed by atoms with Crippen LogP contribution in [0.4, 0.5) is 11.6 Å². The van der Waals surface area contributed by atoms with Gasteiger partial charge in [0.25, 0.3) is 0 Å². The maximum absolute atomic E-state index is 10.6. The van der Waals surface area contributed by atoms with Crippen LogP contribution in [-0.4, -0.2) is 71.7 Å². The first-order valence-electron chi connectivity index (χ1n) is 9.68. The largest absolute Gasteiger partial charge is 0.461 e. The fourth-order valence-corrected chi connectivity index (χ4v) is 4.21. The predicted octanol–water partition coefficient (Wildman–Crippen LogP) is 0.854. The molecule has 4 atom stereocenters. The Morgan fingerprint density at radius 2 is 2.06 bits per heavy atom. The monoisotopic (exact) mass is 502 g/mol. The van der Waals surface area contributed by atoms with Crippen molar-refractivity contribution >= 4 is 49.6 Å². The minimum absolute atomic E-state index is 0.0799. The van der Waals surface area contributed by atoms with E-state index in [1.165, 1.54) is 6.33 Å². The zero-order chi connectivity index (χ0) is 22.4. The van der Waals surface area contributed by atoms with E-state index in [-0.39, 0.29) is 18.4 Å². The van der Waals surface area contributed by atoms with E-state index in [1.54, 1.807) is 24.0 Å². The number of nitrogens with one attached hydrogen (secondary N) is 1. The fraction of sp³-hybridized carbons (Fsp3) is 0.316. The highest BCUT2D eigenvalue weighted by Gasteiger charge is 2.45. The maximum Gasteiger partial charge on any atom is 0.318 e. The lowest BCUT2D eigenvalue weighted by Crippen LogP contribution is -2.34. The first-order valence-corrected chi connectivity index (χ1v) is 10.5. The van der Waals surface area contributed by atoms with Gasteiger partial charge in [-0.25, -0.2) is 19.9 Å². The van der Waals surface area contributed by atoms with E-state index in [0.717, 1.165) is 5.39 Å². The van der Waals surface area contributed by atoms with Gasteiger partial charge in [0.05, 0.1) is 5.39 Å². The molecule has 1 saturated heterocycles. The van der Waals surface area contributed by atoms with Crippen LogP contribution in [0.3, 0.4) is 0 Å². The number of anilines is 2. The topological polar surface area (TPSA) is 166 Å². The number of halogens is 1. The van der Waals surface area contributed by atoms with Crippen molar-refractivity contribution in [3.63, 3.8) is 0 Å². The summed E-state index contributed by atoms with van der Waals surface area (Å²) in [6.45, 7) is -0.0799. The Hall–Kier alpha value is -3.13. The number of aliphatic hydroxyl groups is 2. The van der Waals surface area contributed by atoms with E-state index < -0.39 is 24.5 Å². The summed E-state index contributed by atoms with van der Waals surface area (Å²) in [6, 6.07) is 3.75. The second-order valence-corrected chi connectivity index (χ2v) is 8.07. The number of nitrogens with two attached hydrogens (primary N) is 1. The summed E-state index contributed by atoms with van der Waals surface area (Å²) in [6.07, 6.45) is 0.437. The third kappa shape index (κ3) is 3.48. The molecule has 0 aromatic carbocycles. The Morgan fingerprint density at radius 1 is 1.22 bits per heavy atom. The molecular weight excluding hydrogens is 484 g/mol. The number of ether oxygens (including phenoxy) is 2. The smallest absolute Gasteiger partial charge is 0.318 e. The van der Waals surface area contributed by atoms with Crippen LogP contribution in [-0.2, 0) is 4.74 Å². The summed E-state index contributed by atoms with van der Waals surface area (Å²) in [5.41, 5.74) is 6.87. The Kier molecular flexibility index (Phi) is 5.25. The number of aliphatic hydroxyl groups excluding tert-OH is 2. The SMILES string of the molecule is CNc1ccc2cnc(OC[C@H]3O[C@@H](n4cc(Br)c5c(N)ncnc54)[C@H](O)[C@@H]3O)nc2n1. The lowest BCUT2D eigenvalue weighted by Gasteiger charge is -2.17. The summed E-state index contributed by atoms with van der Waals surface area (Å²) >= 11 is 3.42. The van der Waals surface area contributed by atoms with E-state index >= 15 is 0 Å². The average molecular weight is 503 g/mol. The van der Waals surface area contributed by atoms with Gasteiger partial charge in [0, 0.05) is 29.3 Å². The maximum atomic E-state index is 10.6. The van der Waals surface area contributed by atoms with Gasteiger partial charge in [-0.05, 0) is 28.1 Å². The second-order valence-electron chi connectivity index (χ2n) is 7.21. The zero-order valence-electron chi connectivity index (χ0n) is 16.8. The van der Waals surface area contributed by atoms with Gasteiger partial charge < -0.3 is 35.3 Å². The highest BCUT2D eigenvalue weighted by Crippen LogP contribution is 2.36. The first kappa shape index (κ1) is 20.8. The molecule has 0 unspecified atom stereocenters. The number of hydrogen-bond acceptors (Lipinski definition) is 11. The Balaban J connectivity index is 1.35. The van der Waals surface area contributed by atoms with E-state index in [1.807, 2.05) is 12.1 Å². The molecule has 5 N–H and O–H groups in total. The second kappa shape index (κ2) is 8.09. The molecule has 12 nitrogen and oxygen atoms in total.